The smallest absolute Gasteiger partial charge is 0.0843 e. The Morgan fingerprint density at radius 2 is 1.58 bits per heavy atom. The Morgan fingerprint density at radius 1 is 1.04 bits per heavy atom. The van der Waals surface area contributed by atoms with Crippen molar-refractivity contribution in [3.05, 3.63) is 43.5 Å². The minimum Gasteiger partial charge on any atom is -0.390 e. The molecule has 1 heterocycles. The SMILES string of the molecule is CC[C@H](C)NC[C@H](O)Cn1c2ccc(I)cc2c2cc(I)ccc21. The van der Waals surface area contributed by atoms with Crippen LogP contribution in [0.1, 0.15) is 20.3 Å². The van der Waals surface area contributed by atoms with Crippen LogP contribution in [0.5, 0.6) is 0 Å². The van der Waals surface area contributed by atoms with Crippen molar-refractivity contribution in [3.63, 3.8) is 0 Å². The first-order chi connectivity index (χ1) is 11.5. The second-order valence-electron chi connectivity index (χ2n) is 6.30. The third-order valence-electron chi connectivity index (χ3n) is 4.50. The molecule has 0 aliphatic heterocycles. The van der Waals surface area contributed by atoms with Crippen molar-refractivity contribution in [2.75, 3.05) is 6.54 Å². The maximum Gasteiger partial charge on any atom is 0.0843 e. The zero-order chi connectivity index (χ0) is 17.3. The van der Waals surface area contributed by atoms with Crippen LogP contribution in [0.4, 0.5) is 0 Å². The van der Waals surface area contributed by atoms with Gasteiger partial charge in [-0.2, -0.15) is 0 Å². The number of halogens is 2. The second-order valence-corrected chi connectivity index (χ2v) is 8.80. The molecule has 0 saturated heterocycles. The van der Waals surface area contributed by atoms with Crippen molar-refractivity contribution in [2.24, 2.45) is 0 Å². The third-order valence-corrected chi connectivity index (χ3v) is 5.84. The molecule has 0 amide bonds. The number of nitrogens with one attached hydrogen (secondary N) is 1. The van der Waals surface area contributed by atoms with E-state index in [1.807, 2.05) is 0 Å². The van der Waals surface area contributed by atoms with E-state index < -0.39 is 6.10 Å². The van der Waals surface area contributed by atoms with E-state index >= 15 is 0 Å². The lowest BCUT2D eigenvalue weighted by Crippen LogP contribution is -2.35. The van der Waals surface area contributed by atoms with Gasteiger partial charge in [-0.15, -0.1) is 0 Å². The molecule has 1 aromatic heterocycles. The van der Waals surface area contributed by atoms with Gasteiger partial charge < -0.3 is 15.0 Å². The van der Waals surface area contributed by atoms with Gasteiger partial charge in [-0.25, -0.2) is 0 Å². The van der Waals surface area contributed by atoms with Crippen molar-refractivity contribution in [1.29, 1.82) is 0 Å². The molecule has 0 fully saturated rings. The average Bonchev–Trinajstić information content (AvgIpc) is 2.85. The standard InChI is InChI=1S/C19H22I2N2O/c1-3-12(2)22-10-15(24)11-23-18-6-4-13(20)8-16(18)17-9-14(21)5-7-19(17)23/h4-9,12,15,22,24H,3,10-11H2,1-2H3/t12-,15-/m0/s1. The summed E-state index contributed by atoms with van der Waals surface area (Å²) in [5.74, 6) is 0. The zero-order valence-corrected chi connectivity index (χ0v) is 18.2. The summed E-state index contributed by atoms with van der Waals surface area (Å²) in [5.41, 5.74) is 2.38. The molecule has 24 heavy (non-hydrogen) atoms. The number of benzene rings is 2. The highest BCUT2D eigenvalue weighted by Gasteiger charge is 2.15. The van der Waals surface area contributed by atoms with Crippen LogP contribution in [0.3, 0.4) is 0 Å². The maximum absolute atomic E-state index is 10.5. The molecule has 0 bridgehead atoms. The summed E-state index contributed by atoms with van der Waals surface area (Å²) in [6.45, 7) is 5.52. The van der Waals surface area contributed by atoms with Crippen molar-refractivity contribution in [1.82, 2.24) is 9.88 Å². The molecule has 3 nitrogen and oxygen atoms in total. The molecule has 3 rings (SSSR count). The molecule has 128 valence electrons. The number of hydrogen-bond acceptors (Lipinski definition) is 2. The lowest BCUT2D eigenvalue weighted by atomic mass is 10.2. The highest BCUT2D eigenvalue weighted by Crippen LogP contribution is 2.31. The van der Waals surface area contributed by atoms with Crippen LogP contribution < -0.4 is 5.32 Å². The predicted octanol–water partition coefficient (Wildman–Crippen LogP) is 4.75. The molecule has 0 aliphatic carbocycles. The fourth-order valence-electron chi connectivity index (χ4n) is 3.00. The first kappa shape index (κ1) is 18.4. The van der Waals surface area contributed by atoms with Gasteiger partial charge in [0.05, 0.1) is 12.6 Å². The largest absolute Gasteiger partial charge is 0.390 e. The van der Waals surface area contributed by atoms with Crippen molar-refractivity contribution >= 4 is 67.0 Å². The minimum absolute atomic E-state index is 0.406. The second kappa shape index (κ2) is 7.88. The molecule has 0 radical (unpaired) electrons. The van der Waals surface area contributed by atoms with Gasteiger partial charge in [0.25, 0.3) is 0 Å². The van der Waals surface area contributed by atoms with Crippen LogP contribution in [-0.4, -0.2) is 28.4 Å². The monoisotopic (exact) mass is 548 g/mol. The maximum atomic E-state index is 10.5. The van der Waals surface area contributed by atoms with Crippen molar-refractivity contribution < 1.29 is 5.11 Å². The number of aromatic nitrogens is 1. The summed E-state index contributed by atoms with van der Waals surface area (Å²) in [6, 6.07) is 13.5. The molecule has 0 aliphatic rings. The molecule has 5 heteroatoms. The fourth-order valence-corrected chi connectivity index (χ4v) is 3.98. The molecular weight excluding hydrogens is 526 g/mol. The molecule has 0 unspecified atom stereocenters. The van der Waals surface area contributed by atoms with Gasteiger partial charge >= 0.3 is 0 Å². The van der Waals surface area contributed by atoms with Gasteiger partial charge in [-0.05, 0) is 94.9 Å². The highest BCUT2D eigenvalue weighted by atomic mass is 127. The first-order valence-electron chi connectivity index (χ1n) is 8.28. The van der Waals surface area contributed by atoms with E-state index in [1.54, 1.807) is 0 Å². The molecule has 2 aromatic carbocycles. The van der Waals surface area contributed by atoms with Gasteiger partial charge in [-0.3, -0.25) is 0 Å². The van der Waals surface area contributed by atoms with Gasteiger partial charge in [0.2, 0.25) is 0 Å². The van der Waals surface area contributed by atoms with Gasteiger partial charge in [0, 0.05) is 41.5 Å². The Bertz CT molecular complexity index is 800. The third kappa shape index (κ3) is 3.89. The summed E-state index contributed by atoms with van der Waals surface area (Å²) in [5, 5.41) is 16.4. The van der Waals surface area contributed by atoms with Crippen LogP contribution in [0, 0.1) is 7.14 Å². The minimum atomic E-state index is -0.406. The summed E-state index contributed by atoms with van der Waals surface area (Å²) in [4.78, 5) is 0. The van der Waals surface area contributed by atoms with Crippen LogP contribution >= 0.6 is 45.2 Å². The normalized spacial score (nSPS) is 14.4. The van der Waals surface area contributed by atoms with E-state index in [9.17, 15) is 5.11 Å². The topological polar surface area (TPSA) is 37.2 Å². The summed E-state index contributed by atoms with van der Waals surface area (Å²) >= 11 is 4.72. The van der Waals surface area contributed by atoms with Gasteiger partial charge in [-0.1, -0.05) is 6.92 Å². The van der Waals surface area contributed by atoms with E-state index in [4.69, 9.17) is 0 Å². The van der Waals surface area contributed by atoms with E-state index in [0.29, 0.717) is 19.1 Å². The highest BCUT2D eigenvalue weighted by molar-refractivity contribution is 14.1. The van der Waals surface area contributed by atoms with Crippen LogP contribution in [0.15, 0.2) is 36.4 Å². The fraction of sp³-hybridized carbons (Fsp3) is 0.368. The summed E-state index contributed by atoms with van der Waals surface area (Å²) in [6.07, 6.45) is 0.662. The average molecular weight is 548 g/mol. The molecule has 3 aromatic rings. The Hall–Kier alpha value is -0.380. The lowest BCUT2D eigenvalue weighted by Gasteiger charge is -2.17. The Morgan fingerprint density at radius 3 is 2.08 bits per heavy atom. The predicted molar refractivity (Wildman–Crippen MR) is 119 cm³/mol. The Balaban J connectivity index is 1.99. The van der Waals surface area contributed by atoms with Gasteiger partial charge in [0.1, 0.15) is 0 Å². The molecule has 0 spiro atoms. The van der Waals surface area contributed by atoms with Crippen molar-refractivity contribution in [2.45, 2.75) is 39.0 Å². The number of hydrogen-bond donors (Lipinski definition) is 2. The van der Waals surface area contributed by atoms with Crippen LogP contribution in [0.25, 0.3) is 21.8 Å². The van der Waals surface area contributed by atoms with E-state index in [0.717, 1.165) is 6.42 Å². The molecule has 2 N–H and O–H groups in total. The van der Waals surface area contributed by atoms with Crippen LogP contribution in [0.2, 0.25) is 0 Å². The lowest BCUT2D eigenvalue weighted by molar-refractivity contribution is 0.150. The summed E-state index contributed by atoms with van der Waals surface area (Å²) in [7, 11) is 0. The van der Waals surface area contributed by atoms with Crippen LogP contribution in [-0.2, 0) is 6.54 Å². The van der Waals surface area contributed by atoms with E-state index in [1.165, 1.54) is 28.9 Å². The number of aliphatic hydroxyl groups excluding tert-OH is 1. The van der Waals surface area contributed by atoms with E-state index in [-0.39, 0.29) is 0 Å². The number of aliphatic hydroxyl groups is 1. The molecule has 0 saturated carbocycles. The molecule has 2 atom stereocenters. The zero-order valence-electron chi connectivity index (χ0n) is 13.9. The Labute approximate surface area is 170 Å². The Kier molecular flexibility index (Phi) is 6.05. The summed E-state index contributed by atoms with van der Waals surface area (Å²) < 4.78 is 4.72. The number of rotatable bonds is 6. The first-order valence-corrected chi connectivity index (χ1v) is 10.4. The van der Waals surface area contributed by atoms with Crippen molar-refractivity contribution in [3.8, 4) is 0 Å². The molecular formula is C19H22I2N2O. The quantitative estimate of drug-likeness (QED) is 0.437. The number of fused-ring (bicyclic) bond motifs is 3. The van der Waals surface area contributed by atoms with E-state index in [2.05, 4.69) is 105 Å². The van der Waals surface area contributed by atoms with Gasteiger partial charge in [0.15, 0.2) is 0 Å². The number of nitrogens with zero attached hydrogens (tertiary/aromatic N) is 1.